The first kappa shape index (κ1) is 13.9. The molecule has 0 aliphatic heterocycles. The number of ether oxygens (including phenoxy) is 1. The van der Waals surface area contributed by atoms with Gasteiger partial charge in [-0.15, -0.1) is 23.7 Å². The number of halogens is 1. The fraction of sp³-hybridized carbons (Fsp3) is 0.600. The van der Waals surface area contributed by atoms with Gasteiger partial charge in [0.05, 0.1) is 6.61 Å². The molecular weight excluding hydrogens is 218 g/mol. The average Bonchev–Trinajstić information content (AvgIpc) is 2.52. The van der Waals surface area contributed by atoms with Gasteiger partial charge in [-0.25, -0.2) is 0 Å². The Balaban J connectivity index is 0.00000169. The first-order chi connectivity index (χ1) is 6.24. The Hall–Kier alpha value is -0.0900. The largest absolute Gasteiger partial charge is 0.383 e. The molecule has 0 radical (unpaired) electrons. The van der Waals surface area contributed by atoms with Gasteiger partial charge in [-0.1, -0.05) is 0 Å². The third-order valence-corrected chi connectivity index (χ3v) is 3.13. The normalized spacial score (nSPS) is 12.2. The lowest BCUT2D eigenvalue weighted by Crippen LogP contribution is -2.22. The summed E-state index contributed by atoms with van der Waals surface area (Å²) in [6.45, 7) is 6.00. The molecule has 0 bridgehead atoms. The summed E-state index contributed by atoms with van der Waals surface area (Å²) in [7, 11) is 1.72. The Morgan fingerprint density at radius 1 is 1.50 bits per heavy atom. The van der Waals surface area contributed by atoms with Gasteiger partial charge in [-0.2, -0.15) is 0 Å². The highest BCUT2D eigenvalue weighted by atomic mass is 35.5. The number of hydrogen-bond donors (Lipinski definition) is 1. The quantitative estimate of drug-likeness (QED) is 0.793. The molecule has 0 aromatic carbocycles. The van der Waals surface area contributed by atoms with Crippen LogP contribution in [-0.4, -0.2) is 20.3 Å². The molecule has 1 aromatic heterocycles. The van der Waals surface area contributed by atoms with E-state index in [1.807, 2.05) is 11.3 Å². The first-order valence-electron chi connectivity index (χ1n) is 4.52. The number of hydrogen-bond acceptors (Lipinski definition) is 3. The molecule has 1 heterocycles. The molecule has 82 valence electrons. The van der Waals surface area contributed by atoms with E-state index in [0.29, 0.717) is 6.04 Å². The SMILES string of the molecule is COCCNC(C)c1ccc(C)s1.Cl. The van der Waals surface area contributed by atoms with E-state index in [4.69, 9.17) is 4.74 Å². The van der Waals surface area contributed by atoms with Crippen molar-refractivity contribution in [2.24, 2.45) is 0 Å². The lowest BCUT2D eigenvalue weighted by Gasteiger charge is -2.10. The van der Waals surface area contributed by atoms with Crippen LogP contribution in [0.1, 0.15) is 22.7 Å². The molecule has 1 aromatic rings. The Morgan fingerprint density at radius 3 is 2.71 bits per heavy atom. The van der Waals surface area contributed by atoms with Crippen molar-refractivity contribution in [3.63, 3.8) is 0 Å². The molecule has 4 heteroatoms. The van der Waals surface area contributed by atoms with Gasteiger partial charge >= 0.3 is 0 Å². The fourth-order valence-electron chi connectivity index (χ4n) is 1.16. The maximum atomic E-state index is 4.97. The van der Waals surface area contributed by atoms with E-state index < -0.39 is 0 Å². The van der Waals surface area contributed by atoms with Gasteiger partial charge in [0, 0.05) is 29.5 Å². The van der Waals surface area contributed by atoms with Crippen LogP contribution in [0.15, 0.2) is 12.1 Å². The van der Waals surface area contributed by atoms with Crippen LogP contribution >= 0.6 is 23.7 Å². The predicted molar refractivity (Wildman–Crippen MR) is 64.6 cm³/mol. The molecule has 0 saturated carbocycles. The van der Waals surface area contributed by atoms with E-state index in [1.165, 1.54) is 9.75 Å². The van der Waals surface area contributed by atoms with Crippen LogP contribution < -0.4 is 5.32 Å². The second-order valence-electron chi connectivity index (χ2n) is 3.12. The highest BCUT2D eigenvalue weighted by Crippen LogP contribution is 2.21. The second-order valence-corrected chi connectivity index (χ2v) is 4.44. The van der Waals surface area contributed by atoms with Crippen LogP contribution in [0.2, 0.25) is 0 Å². The van der Waals surface area contributed by atoms with Crippen molar-refractivity contribution in [1.82, 2.24) is 5.32 Å². The summed E-state index contributed by atoms with van der Waals surface area (Å²) in [6.07, 6.45) is 0. The topological polar surface area (TPSA) is 21.3 Å². The van der Waals surface area contributed by atoms with Crippen molar-refractivity contribution < 1.29 is 4.74 Å². The van der Waals surface area contributed by atoms with E-state index in [1.54, 1.807) is 7.11 Å². The summed E-state index contributed by atoms with van der Waals surface area (Å²) in [5.41, 5.74) is 0. The lowest BCUT2D eigenvalue weighted by molar-refractivity contribution is 0.196. The van der Waals surface area contributed by atoms with Crippen LogP contribution in [0.3, 0.4) is 0 Å². The molecule has 0 aliphatic carbocycles. The van der Waals surface area contributed by atoms with Crippen molar-refractivity contribution in [2.75, 3.05) is 20.3 Å². The molecule has 0 amide bonds. The van der Waals surface area contributed by atoms with Gasteiger partial charge in [-0.05, 0) is 26.0 Å². The third-order valence-electron chi connectivity index (χ3n) is 1.94. The van der Waals surface area contributed by atoms with Crippen LogP contribution in [0, 0.1) is 6.92 Å². The molecule has 1 atom stereocenters. The highest BCUT2D eigenvalue weighted by molar-refractivity contribution is 7.12. The Labute approximate surface area is 96.1 Å². The third kappa shape index (κ3) is 4.42. The summed E-state index contributed by atoms with van der Waals surface area (Å²) in [4.78, 5) is 2.77. The van der Waals surface area contributed by atoms with E-state index in [2.05, 4.69) is 31.3 Å². The van der Waals surface area contributed by atoms with E-state index >= 15 is 0 Å². The predicted octanol–water partition coefficient (Wildman–Crippen LogP) is 2.78. The number of nitrogens with one attached hydrogen (secondary N) is 1. The van der Waals surface area contributed by atoms with Crippen molar-refractivity contribution >= 4 is 23.7 Å². The molecule has 0 spiro atoms. The summed E-state index contributed by atoms with van der Waals surface area (Å²) >= 11 is 1.85. The van der Waals surface area contributed by atoms with Crippen LogP contribution in [0.5, 0.6) is 0 Å². The number of thiophene rings is 1. The van der Waals surface area contributed by atoms with Gasteiger partial charge < -0.3 is 10.1 Å². The van der Waals surface area contributed by atoms with Gasteiger partial charge in [0.25, 0.3) is 0 Å². The standard InChI is InChI=1S/C10H17NOS.ClH/c1-8-4-5-10(13-8)9(2)11-6-7-12-3;/h4-5,9,11H,6-7H2,1-3H3;1H. The van der Waals surface area contributed by atoms with Crippen LogP contribution in [0.25, 0.3) is 0 Å². The smallest absolute Gasteiger partial charge is 0.0587 e. The zero-order valence-electron chi connectivity index (χ0n) is 8.87. The van der Waals surface area contributed by atoms with Crippen molar-refractivity contribution in [3.8, 4) is 0 Å². The molecule has 1 N–H and O–H groups in total. The minimum absolute atomic E-state index is 0. The zero-order chi connectivity index (χ0) is 9.68. The molecule has 2 nitrogen and oxygen atoms in total. The van der Waals surface area contributed by atoms with Gasteiger partial charge in [0.1, 0.15) is 0 Å². The van der Waals surface area contributed by atoms with Crippen LogP contribution in [0.4, 0.5) is 0 Å². The van der Waals surface area contributed by atoms with E-state index in [9.17, 15) is 0 Å². The molecule has 1 unspecified atom stereocenters. The summed E-state index contributed by atoms with van der Waals surface area (Å²) < 4.78 is 4.97. The van der Waals surface area contributed by atoms with Gasteiger partial charge in [0.2, 0.25) is 0 Å². The Kier molecular flexibility index (Phi) is 7.19. The summed E-state index contributed by atoms with van der Waals surface area (Å²) in [5, 5.41) is 3.40. The minimum atomic E-state index is 0. The van der Waals surface area contributed by atoms with E-state index in [0.717, 1.165) is 13.2 Å². The lowest BCUT2D eigenvalue weighted by atomic mass is 10.3. The molecule has 0 saturated heterocycles. The number of rotatable bonds is 5. The molecular formula is C10H18ClNOS. The zero-order valence-corrected chi connectivity index (χ0v) is 10.5. The number of aryl methyl sites for hydroxylation is 1. The molecule has 1 rings (SSSR count). The Bertz CT molecular complexity index is 252. The molecule has 14 heavy (non-hydrogen) atoms. The van der Waals surface area contributed by atoms with E-state index in [-0.39, 0.29) is 12.4 Å². The van der Waals surface area contributed by atoms with Crippen LogP contribution in [-0.2, 0) is 4.74 Å². The van der Waals surface area contributed by atoms with Crippen molar-refractivity contribution in [1.29, 1.82) is 0 Å². The molecule has 0 aliphatic rings. The summed E-state index contributed by atoms with van der Waals surface area (Å²) in [6, 6.07) is 4.78. The minimum Gasteiger partial charge on any atom is -0.383 e. The monoisotopic (exact) mass is 235 g/mol. The van der Waals surface area contributed by atoms with Crippen molar-refractivity contribution in [2.45, 2.75) is 19.9 Å². The fourth-order valence-corrected chi connectivity index (χ4v) is 2.07. The first-order valence-corrected chi connectivity index (χ1v) is 5.34. The second kappa shape index (κ2) is 7.23. The highest BCUT2D eigenvalue weighted by Gasteiger charge is 2.05. The van der Waals surface area contributed by atoms with Gasteiger partial charge in [0.15, 0.2) is 0 Å². The Morgan fingerprint density at radius 2 is 2.21 bits per heavy atom. The summed E-state index contributed by atoms with van der Waals surface area (Å²) in [5.74, 6) is 0. The maximum absolute atomic E-state index is 4.97. The average molecular weight is 236 g/mol. The maximum Gasteiger partial charge on any atom is 0.0587 e. The van der Waals surface area contributed by atoms with Crippen molar-refractivity contribution in [3.05, 3.63) is 21.9 Å². The molecule has 0 fully saturated rings. The number of methoxy groups -OCH3 is 1. The van der Waals surface area contributed by atoms with Gasteiger partial charge in [-0.3, -0.25) is 0 Å².